The fourth-order valence-electron chi connectivity index (χ4n) is 1.46. The molecule has 19 heavy (non-hydrogen) atoms. The van der Waals surface area contributed by atoms with Crippen molar-refractivity contribution in [1.29, 1.82) is 0 Å². The van der Waals surface area contributed by atoms with Crippen molar-refractivity contribution >= 4 is 22.6 Å². The zero-order valence-corrected chi connectivity index (χ0v) is 12.6. The topological polar surface area (TPSA) is 18.5 Å². The SMILES string of the molecule is COC(C#Cc1ccccc1)Oc1cccc(I)c1. The fourth-order valence-corrected chi connectivity index (χ4v) is 1.98. The molecule has 0 aliphatic rings. The van der Waals surface area contributed by atoms with Crippen LogP contribution in [0.25, 0.3) is 0 Å². The minimum Gasteiger partial charge on any atom is -0.453 e. The second-order valence-electron chi connectivity index (χ2n) is 3.78. The molecule has 1 unspecified atom stereocenters. The van der Waals surface area contributed by atoms with E-state index in [9.17, 15) is 0 Å². The predicted octanol–water partition coefficient (Wildman–Crippen LogP) is 3.69. The molecule has 0 spiro atoms. The fraction of sp³-hybridized carbons (Fsp3) is 0.125. The molecular weight excluding hydrogens is 351 g/mol. The van der Waals surface area contributed by atoms with Gasteiger partial charge in [-0.05, 0) is 58.8 Å². The summed E-state index contributed by atoms with van der Waals surface area (Å²) in [6, 6.07) is 17.5. The highest BCUT2D eigenvalue weighted by atomic mass is 127. The minimum atomic E-state index is -0.571. The van der Waals surface area contributed by atoms with E-state index in [0.29, 0.717) is 0 Å². The van der Waals surface area contributed by atoms with E-state index in [4.69, 9.17) is 9.47 Å². The summed E-state index contributed by atoms with van der Waals surface area (Å²) in [7, 11) is 1.58. The third kappa shape index (κ3) is 4.58. The Kier molecular flexibility index (Phi) is 5.25. The van der Waals surface area contributed by atoms with Crippen molar-refractivity contribution in [2.45, 2.75) is 6.29 Å². The van der Waals surface area contributed by atoms with Crippen LogP contribution in [0.3, 0.4) is 0 Å². The third-order valence-corrected chi connectivity index (χ3v) is 3.03. The van der Waals surface area contributed by atoms with Crippen LogP contribution in [0.1, 0.15) is 5.56 Å². The van der Waals surface area contributed by atoms with Gasteiger partial charge in [-0.1, -0.05) is 30.2 Å². The Hall–Kier alpha value is -1.51. The molecule has 0 amide bonds. The van der Waals surface area contributed by atoms with E-state index in [1.54, 1.807) is 7.11 Å². The van der Waals surface area contributed by atoms with Crippen LogP contribution in [0, 0.1) is 15.4 Å². The lowest BCUT2D eigenvalue weighted by atomic mass is 10.2. The van der Waals surface area contributed by atoms with Gasteiger partial charge in [0.15, 0.2) is 0 Å². The van der Waals surface area contributed by atoms with Crippen LogP contribution in [-0.4, -0.2) is 13.4 Å². The minimum absolute atomic E-state index is 0.571. The maximum Gasteiger partial charge on any atom is 0.264 e. The summed E-state index contributed by atoms with van der Waals surface area (Å²) in [5.74, 6) is 6.74. The zero-order chi connectivity index (χ0) is 13.5. The predicted molar refractivity (Wildman–Crippen MR) is 83.9 cm³/mol. The molecule has 0 saturated carbocycles. The Balaban J connectivity index is 2.07. The lowest BCUT2D eigenvalue weighted by molar-refractivity contribution is -0.00817. The first-order valence-corrected chi connectivity index (χ1v) is 6.87. The molecule has 2 aromatic rings. The Morgan fingerprint density at radius 2 is 1.84 bits per heavy atom. The molecule has 2 rings (SSSR count). The second-order valence-corrected chi connectivity index (χ2v) is 5.02. The van der Waals surface area contributed by atoms with Gasteiger partial charge < -0.3 is 9.47 Å². The molecule has 0 aromatic heterocycles. The molecule has 0 radical (unpaired) electrons. The highest BCUT2D eigenvalue weighted by molar-refractivity contribution is 14.1. The van der Waals surface area contributed by atoms with E-state index in [-0.39, 0.29) is 0 Å². The third-order valence-electron chi connectivity index (χ3n) is 2.36. The van der Waals surface area contributed by atoms with Gasteiger partial charge >= 0.3 is 0 Å². The van der Waals surface area contributed by atoms with Crippen molar-refractivity contribution in [2.24, 2.45) is 0 Å². The summed E-state index contributed by atoms with van der Waals surface area (Å²) in [4.78, 5) is 0. The molecule has 0 N–H and O–H groups in total. The summed E-state index contributed by atoms with van der Waals surface area (Å²) in [6.07, 6.45) is -0.571. The van der Waals surface area contributed by atoms with Gasteiger partial charge in [0, 0.05) is 16.2 Å². The molecule has 2 nitrogen and oxygen atoms in total. The quantitative estimate of drug-likeness (QED) is 0.470. The van der Waals surface area contributed by atoms with E-state index < -0.39 is 6.29 Å². The average Bonchev–Trinajstić information content (AvgIpc) is 2.44. The Bertz CT molecular complexity index is 584. The van der Waals surface area contributed by atoms with E-state index in [1.165, 1.54) is 0 Å². The van der Waals surface area contributed by atoms with Crippen molar-refractivity contribution in [3.05, 3.63) is 63.7 Å². The number of benzene rings is 2. The molecule has 0 heterocycles. The van der Waals surface area contributed by atoms with Crippen LogP contribution in [0.4, 0.5) is 0 Å². The number of hydrogen-bond donors (Lipinski definition) is 0. The highest BCUT2D eigenvalue weighted by Crippen LogP contribution is 2.16. The molecule has 96 valence electrons. The maximum absolute atomic E-state index is 5.67. The van der Waals surface area contributed by atoms with E-state index in [0.717, 1.165) is 14.9 Å². The molecule has 0 fully saturated rings. The summed E-state index contributed by atoms with van der Waals surface area (Å²) >= 11 is 2.24. The largest absolute Gasteiger partial charge is 0.453 e. The van der Waals surface area contributed by atoms with E-state index in [2.05, 4.69) is 34.4 Å². The number of methoxy groups -OCH3 is 1. The molecule has 0 aliphatic heterocycles. The van der Waals surface area contributed by atoms with Crippen LogP contribution in [0.15, 0.2) is 54.6 Å². The van der Waals surface area contributed by atoms with Crippen LogP contribution >= 0.6 is 22.6 Å². The molecular formula is C16H13IO2. The summed E-state index contributed by atoms with van der Waals surface area (Å²) < 4.78 is 12.0. The maximum atomic E-state index is 5.67. The first-order valence-electron chi connectivity index (χ1n) is 5.79. The van der Waals surface area contributed by atoms with Crippen LogP contribution < -0.4 is 4.74 Å². The van der Waals surface area contributed by atoms with Crippen molar-refractivity contribution in [3.8, 4) is 17.6 Å². The lowest BCUT2D eigenvalue weighted by Gasteiger charge is -2.11. The standard InChI is InChI=1S/C16H13IO2/c1-18-16(11-10-13-6-3-2-4-7-13)19-15-9-5-8-14(17)12-15/h2-9,12,16H,1H3. The molecule has 0 bridgehead atoms. The van der Waals surface area contributed by atoms with Crippen molar-refractivity contribution in [3.63, 3.8) is 0 Å². The number of halogens is 1. The van der Waals surface area contributed by atoms with Gasteiger partial charge in [-0.25, -0.2) is 0 Å². The molecule has 0 aliphatic carbocycles. The number of hydrogen-bond acceptors (Lipinski definition) is 2. The monoisotopic (exact) mass is 364 g/mol. The van der Waals surface area contributed by atoms with Crippen LogP contribution in [0.5, 0.6) is 5.75 Å². The first kappa shape index (κ1) is 13.9. The number of rotatable bonds is 3. The van der Waals surface area contributed by atoms with Gasteiger partial charge in [0.05, 0.1) is 0 Å². The Morgan fingerprint density at radius 3 is 2.53 bits per heavy atom. The van der Waals surface area contributed by atoms with Crippen LogP contribution in [-0.2, 0) is 4.74 Å². The summed E-state index contributed by atoms with van der Waals surface area (Å²) in [6.45, 7) is 0. The van der Waals surface area contributed by atoms with Gasteiger partial charge in [-0.3, -0.25) is 0 Å². The zero-order valence-electron chi connectivity index (χ0n) is 10.5. The van der Waals surface area contributed by atoms with E-state index >= 15 is 0 Å². The highest BCUT2D eigenvalue weighted by Gasteiger charge is 2.04. The molecule has 0 saturated heterocycles. The van der Waals surface area contributed by atoms with Crippen molar-refractivity contribution in [2.75, 3.05) is 7.11 Å². The Morgan fingerprint density at radius 1 is 1.05 bits per heavy atom. The molecule has 3 heteroatoms. The van der Waals surface area contributed by atoms with Gasteiger partial charge in [0.1, 0.15) is 5.75 Å². The second kappa shape index (κ2) is 7.17. The van der Waals surface area contributed by atoms with Gasteiger partial charge in [-0.15, -0.1) is 0 Å². The Labute approximate surface area is 126 Å². The van der Waals surface area contributed by atoms with Crippen molar-refractivity contribution in [1.82, 2.24) is 0 Å². The number of ether oxygens (including phenoxy) is 2. The molecule has 1 atom stereocenters. The lowest BCUT2D eigenvalue weighted by Crippen LogP contribution is -2.16. The van der Waals surface area contributed by atoms with Gasteiger partial charge in [0.2, 0.25) is 0 Å². The molecule has 2 aromatic carbocycles. The van der Waals surface area contributed by atoms with Crippen LogP contribution in [0.2, 0.25) is 0 Å². The van der Waals surface area contributed by atoms with Gasteiger partial charge in [-0.2, -0.15) is 0 Å². The van der Waals surface area contributed by atoms with Gasteiger partial charge in [0.25, 0.3) is 6.29 Å². The smallest absolute Gasteiger partial charge is 0.264 e. The van der Waals surface area contributed by atoms with Crippen molar-refractivity contribution < 1.29 is 9.47 Å². The normalized spacial score (nSPS) is 11.3. The average molecular weight is 364 g/mol. The summed E-state index contributed by atoms with van der Waals surface area (Å²) in [5, 5.41) is 0. The van der Waals surface area contributed by atoms with E-state index in [1.807, 2.05) is 54.6 Å². The first-order chi connectivity index (χ1) is 9.28. The summed E-state index contributed by atoms with van der Waals surface area (Å²) in [5.41, 5.74) is 0.941.